The van der Waals surface area contributed by atoms with E-state index in [0.29, 0.717) is 16.5 Å². The highest BCUT2D eigenvalue weighted by atomic mass is 79.9. The van der Waals surface area contributed by atoms with Crippen LogP contribution in [0.15, 0.2) is 45.9 Å². The Morgan fingerprint density at radius 2 is 2.00 bits per heavy atom. The van der Waals surface area contributed by atoms with E-state index in [1.807, 2.05) is 43.3 Å². The highest BCUT2D eigenvalue weighted by Gasteiger charge is 2.24. The van der Waals surface area contributed by atoms with Crippen molar-refractivity contribution in [1.29, 1.82) is 0 Å². The van der Waals surface area contributed by atoms with Crippen molar-refractivity contribution in [3.05, 3.63) is 62.6 Å². The van der Waals surface area contributed by atoms with Crippen LogP contribution in [-0.4, -0.2) is 16.0 Å². The zero-order chi connectivity index (χ0) is 15.4. The molecule has 4 rings (SSSR count). The van der Waals surface area contributed by atoms with Gasteiger partial charge in [-0.2, -0.15) is 0 Å². The number of benzene rings is 2. The Bertz CT molecular complexity index is 1080. The Labute approximate surface area is 133 Å². The summed E-state index contributed by atoms with van der Waals surface area (Å²) >= 11 is 3.40. The number of aryl methyl sites for hydroxylation is 1. The summed E-state index contributed by atoms with van der Waals surface area (Å²) in [6, 6.07) is 11.3. The molecule has 1 amide bonds. The summed E-state index contributed by atoms with van der Waals surface area (Å²) in [6.45, 7) is 1.96. The highest BCUT2D eigenvalue weighted by molar-refractivity contribution is 9.10. The van der Waals surface area contributed by atoms with E-state index in [0.717, 1.165) is 26.2 Å². The van der Waals surface area contributed by atoms with Crippen LogP contribution in [0.4, 0.5) is 0 Å². The van der Waals surface area contributed by atoms with Crippen molar-refractivity contribution < 1.29 is 9.90 Å². The molecule has 4 nitrogen and oxygen atoms in total. The number of carbonyl (C=O) groups excluding carboxylic acids is 1. The highest BCUT2D eigenvalue weighted by Crippen LogP contribution is 2.34. The first-order valence-corrected chi connectivity index (χ1v) is 7.58. The SMILES string of the molecule is Cc1ccc2c(c1)=NC(=O)C=2c1c(O)[nH]c2cc(Br)ccc12. The molecule has 0 spiro atoms. The number of H-pyrrole nitrogens is 1. The van der Waals surface area contributed by atoms with Gasteiger partial charge in [-0.05, 0) is 30.7 Å². The molecular formula is C17H11BrN2O2. The van der Waals surface area contributed by atoms with Gasteiger partial charge in [-0.1, -0.05) is 34.1 Å². The van der Waals surface area contributed by atoms with E-state index >= 15 is 0 Å². The first-order chi connectivity index (χ1) is 10.5. The molecule has 5 heteroatoms. The fourth-order valence-electron chi connectivity index (χ4n) is 2.88. The summed E-state index contributed by atoms with van der Waals surface area (Å²) in [7, 11) is 0. The number of hydrogen-bond acceptors (Lipinski definition) is 2. The fourth-order valence-corrected chi connectivity index (χ4v) is 3.24. The zero-order valence-corrected chi connectivity index (χ0v) is 13.2. The van der Waals surface area contributed by atoms with Gasteiger partial charge in [0, 0.05) is 15.1 Å². The third-order valence-corrected chi connectivity index (χ3v) is 4.34. The standard InChI is InChI=1S/C17H11BrN2O2/c1-8-2-4-10-12(6-8)19-16(21)14(10)15-11-5-3-9(18)7-13(11)20-17(15)22/h2-7,20,22H,1H3. The number of aromatic hydroxyl groups is 1. The summed E-state index contributed by atoms with van der Waals surface area (Å²) in [5.74, 6) is -0.334. The summed E-state index contributed by atoms with van der Waals surface area (Å²) in [4.78, 5) is 19.4. The largest absolute Gasteiger partial charge is 0.494 e. The topological polar surface area (TPSA) is 65.4 Å². The van der Waals surface area contributed by atoms with Gasteiger partial charge in [0.2, 0.25) is 0 Å². The number of hydrogen-bond donors (Lipinski definition) is 2. The molecule has 0 atom stereocenters. The predicted octanol–water partition coefficient (Wildman–Crippen LogP) is 2.30. The van der Waals surface area contributed by atoms with E-state index in [1.165, 1.54) is 0 Å². The van der Waals surface area contributed by atoms with Crippen LogP contribution in [0.3, 0.4) is 0 Å². The maximum Gasteiger partial charge on any atom is 0.279 e. The Hall–Kier alpha value is -2.40. The molecular weight excluding hydrogens is 344 g/mol. The monoisotopic (exact) mass is 354 g/mol. The second-order valence-electron chi connectivity index (χ2n) is 5.35. The summed E-state index contributed by atoms with van der Waals surface area (Å²) in [6.07, 6.45) is 0. The number of nitrogens with one attached hydrogen (secondary N) is 1. The molecule has 2 aromatic carbocycles. The molecule has 0 aliphatic carbocycles. The Kier molecular flexibility index (Phi) is 2.74. The third-order valence-electron chi connectivity index (χ3n) is 3.85. The van der Waals surface area contributed by atoms with Crippen LogP contribution in [0.25, 0.3) is 16.5 Å². The van der Waals surface area contributed by atoms with Gasteiger partial charge in [0.05, 0.1) is 22.0 Å². The van der Waals surface area contributed by atoms with Crippen LogP contribution >= 0.6 is 15.9 Å². The number of carbonyl (C=O) groups is 1. The van der Waals surface area contributed by atoms with Crippen LogP contribution in [0.2, 0.25) is 0 Å². The number of fused-ring (bicyclic) bond motifs is 2. The average molecular weight is 355 g/mol. The normalized spacial score (nSPS) is 13.5. The first kappa shape index (κ1) is 13.3. The minimum atomic E-state index is -0.320. The minimum Gasteiger partial charge on any atom is -0.494 e. The molecule has 108 valence electrons. The van der Waals surface area contributed by atoms with E-state index in [2.05, 4.69) is 25.9 Å². The molecule has 0 unspecified atom stereocenters. The van der Waals surface area contributed by atoms with Crippen molar-refractivity contribution in [2.24, 2.45) is 4.99 Å². The summed E-state index contributed by atoms with van der Waals surface area (Å²) in [5.41, 5.74) is 2.77. The molecule has 0 bridgehead atoms. The minimum absolute atomic E-state index is 0.0138. The van der Waals surface area contributed by atoms with E-state index in [1.54, 1.807) is 0 Å². The molecule has 1 aliphatic rings. The van der Waals surface area contributed by atoms with Crippen LogP contribution < -0.4 is 10.6 Å². The maximum absolute atomic E-state index is 12.4. The predicted molar refractivity (Wildman–Crippen MR) is 87.1 cm³/mol. The van der Waals surface area contributed by atoms with E-state index < -0.39 is 0 Å². The number of nitrogens with zero attached hydrogens (tertiary/aromatic N) is 1. The zero-order valence-electron chi connectivity index (χ0n) is 11.6. The molecule has 2 N–H and O–H groups in total. The lowest BCUT2D eigenvalue weighted by Gasteiger charge is -2.00. The van der Waals surface area contributed by atoms with Crippen molar-refractivity contribution in [3.63, 3.8) is 0 Å². The smallest absolute Gasteiger partial charge is 0.279 e. The number of rotatable bonds is 1. The molecule has 1 aliphatic heterocycles. The second kappa shape index (κ2) is 4.55. The molecule has 0 radical (unpaired) electrons. The van der Waals surface area contributed by atoms with Crippen molar-refractivity contribution >= 4 is 38.3 Å². The molecule has 0 saturated carbocycles. The Morgan fingerprint density at radius 3 is 2.82 bits per heavy atom. The molecule has 1 aromatic heterocycles. The quantitative estimate of drug-likeness (QED) is 0.704. The number of aromatic nitrogens is 1. The van der Waals surface area contributed by atoms with Crippen LogP contribution in [0.1, 0.15) is 11.1 Å². The molecule has 3 aromatic rings. The van der Waals surface area contributed by atoms with Crippen molar-refractivity contribution in [3.8, 4) is 5.88 Å². The maximum atomic E-state index is 12.4. The van der Waals surface area contributed by atoms with Gasteiger partial charge in [0.1, 0.15) is 0 Å². The average Bonchev–Trinajstić information content (AvgIpc) is 2.93. The third kappa shape index (κ3) is 1.82. The summed E-state index contributed by atoms with van der Waals surface area (Å²) in [5, 5.41) is 12.5. The van der Waals surface area contributed by atoms with E-state index in [9.17, 15) is 9.90 Å². The lowest BCUT2D eigenvalue weighted by molar-refractivity contribution is -0.112. The van der Waals surface area contributed by atoms with Crippen molar-refractivity contribution in [2.75, 3.05) is 0 Å². The van der Waals surface area contributed by atoms with Crippen LogP contribution in [0, 0.1) is 6.92 Å². The van der Waals surface area contributed by atoms with Crippen LogP contribution in [-0.2, 0) is 4.79 Å². The molecule has 22 heavy (non-hydrogen) atoms. The second-order valence-corrected chi connectivity index (χ2v) is 6.27. The van der Waals surface area contributed by atoms with Gasteiger partial charge in [0.15, 0.2) is 5.88 Å². The summed E-state index contributed by atoms with van der Waals surface area (Å²) < 4.78 is 0.899. The lowest BCUT2D eigenvalue weighted by Crippen LogP contribution is -2.23. The van der Waals surface area contributed by atoms with E-state index in [4.69, 9.17) is 0 Å². The van der Waals surface area contributed by atoms with E-state index in [-0.39, 0.29) is 11.8 Å². The lowest BCUT2D eigenvalue weighted by atomic mass is 10.0. The Morgan fingerprint density at radius 1 is 1.18 bits per heavy atom. The molecule has 0 fully saturated rings. The van der Waals surface area contributed by atoms with Crippen molar-refractivity contribution in [2.45, 2.75) is 6.92 Å². The van der Waals surface area contributed by atoms with Crippen LogP contribution in [0.5, 0.6) is 5.88 Å². The first-order valence-electron chi connectivity index (χ1n) is 6.79. The van der Waals surface area contributed by atoms with Gasteiger partial charge in [-0.3, -0.25) is 4.79 Å². The van der Waals surface area contributed by atoms with Gasteiger partial charge in [0.25, 0.3) is 5.91 Å². The molecule has 2 heterocycles. The van der Waals surface area contributed by atoms with Gasteiger partial charge < -0.3 is 10.1 Å². The number of aromatic amines is 1. The number of halogens is 1. The Balaban J connectivity index is 2.14. The number of amides is 1. The molecule has 0 saturated heterocycles. The van der Waals surface area contributed by atoms with Crippen molar-refractivity contribution in [1.82, 2.24) is 4.98 Å². The van der Waals surface area contributed by atoms with Gasteiger partial charge in [-0.15, -0.1) is 0 Å². The fraction of sp³-hybridized carbons (Fsp3) is 0.0588. The van der Waals surface area contributed by atoms with Gasteiger partial charge >= 0.3 is 0 Å². The van der Waals surface area contributed by atoms with Gasteiger partial charge in [-0.25, -0.2) is 4.99 Å².